The normalized spacial score (nSPS) is 19.8. The predicted molar refractivity (Wildman–Crippen MR) is 88.1 cm³/mol. The Labute approximate surface area is 141 Å². The Kier molecular flexibility index (Phi) is 5.51. The van der Waals surface area contributed by atoms with Crippen LogP contribution in [0.4, 0.5) is 0 Å². The lowest BCUT2D eigenvalue weighted by molar-refractivity contribution is -0.120. The molecule has 1 heterocycles. The molecule has 0 spiro atoms. The summed E-state index contributed by atoms with van der Waals surface area (Å²) in [5.41, 5.74) is 0.733. The molecule has 1 aromatic carbocycles. The number of hydrogen-bond donors (Lipinski definition) is 2. The second-order valence-corrected chi connectivity index (χ2v) is 9.61. The molecule has 1 aromatic rings. The van der Waals surface area contributed by atoms with Crippen LogP contribution in [0.3, 0.4) is 0 Å². The number of hydrogen-bond acceptors (Lipinski definition) is 6. The van der Waals surface area contributed by atoms with Crippen molar-refractivity contribution in [3.05, 3.63) is 23.8 Å². The summed E-state index contributed by atoms with van der Waals surface area (Å²) in [7, 11) is -5.68. The third kappa shape index (κ3) is 4.68. The smallest absolute Gasteiger partial charge is 0.244 e. The topological polar surface area (TPSA) is 119 Å². The molecule has 1 saturated heterocycles. The van der Waals surface area contributed by atoms with Gasteiger partial charge < -0.3 is 10.1 Å². The highest BCUT2D eigenvalue weighted by Gasteiger charge is 2.29. The van der Waals surface area contributed by atoms with Crippen molar-refractivity contribution in [2.45, 2.75) is 24.3 Å². The van der Waals surface area contributed by atoms with Gasteiger partial charge in [-0.3, -0.25) is 4.79 Å². The van der Waals surface area contributed by atoms with Gasteiger partial charge in [-0.05, 0) is 31.0 Å². The molecule has 0 radical (unpaired) electrons. The molecule has 24 heavy (non-hydrogen) atoms. The van der Waals surface area contributed by atoms with Gasteiger partial charge >= 0.3 is 0 Å². The third-order valence-corrected chi connectivity index (χ3v) is 6.82. The van der Waals surface area contributed by atoms with Crippen molar-refractivity contribution in [3.63, 3.8) is 0 Å². The number of aryl methyl sites for hydroxylation is 1. The average molecular weight is 376 g/mol. The van der Waals surface area contributed by atoms with Crippen LogP contribution in [-0.4, -0.2) is 53.9 Å². The number of amides is 1. The molecule has 10 heteroatoms. The van der Waals surface area contributed by atoms with Crippen LogP contribution in [0.25, 0.3) is 0 Å². The summed E-state index contributed by atoms with van der Waals surface area (Å²) < 4.78 is 54.6. The van der Waals surface area contributed by atoms with Gasteiger partial charge in [-0.25, -0.2) is 21.6 Å². The van der Waals surface area contributed by atoms with Crippen molar-refractivity contribution in [1.82, 2.24) is 10.0 Å². The quantitative estimate of drug-likeness (QED) is 0.696. The maximum atomic E-state index is 12.3. The highest BCUT2D eigenvalue weighted by atomic mass is 32.2. The Balaban J connectivity index is 2.00. The van der Waals surface area contributed by atoms with Crippen LogP contribution < -0.4 is 14.8 Å². The van der Waals surface area contributed by atoms with Crippen molar-refractivity contribution in [3.8, 4) is 5.75 Å². The van der Waals surface area contributed by atoms with Crippen molar-refractivity contribution in [2.75, 3.05) is 25.2 Å². The maximum Gasteiger partial charge on any atom is 0.244 e. The van der Waals surface area contributed by atoms with Crippen LogP contribution in [0.5, 0.6) is 5.75 Å². The molecule has 1 aliphatic heterocycles. The summed E-state index contributed by atoms with van der Waals surface area (Å²) in [5, 5.41) is 2.52. The zero-order valence-corrected chi connectivity index (χ0v) is 15.0. The fraction of sp³-hybridized carbons (Fsp3) is 0.500. The first kappa shape index (κ1) is 18.7. The van der Waals surface area contributed by atoms with E-state index in [2.05, 4.69) is 10.0 Å². The van der Waals surface area contributed by atoms with Crippen molar-refractivity contribution in [2.24, 2.45) is 0 Å². The van der Waals surface area contributed by atoms with E-state index in [0.717, 1.165) is 5.56 Å². The first-order valence-corrected chi connectivity index (χ1v) is 10.6. The summed E-state index contributed by atoms with van der Waals surface area (Å²) in [6.07, 6.45) is 0.340. The van der Waals surface area contributed by atoms with Crippen molar-refractivity contribution >= 4 is 25.8 Å². The van der Waals surface area contributed by atoms with Crippen molar-refractivity contribution < 1.29 is 26.4 Å². The zero-order chi connectivity index (χ0) is 18.0. The van der Waals surface area contributed by atoms with E-state index in [0.29, 0.717) is 6.42 Å². The number of sulfonamides is 1. The highest BCUT2D eigenvalue weighted by Crippen LogP contribution is 2.24. The van der Waals surface area contributed by atoms with Crippen LogP contribution in [0.15, 0.2) is 23.1 Å². The number of ether oxygens (including phenoxy) is 1. The van der Waals surface area contributed by atoms with E-state index in [1.54, 1.807) is 13.0 Å². The minimum Gasteiger partial charge on any atom is -0.495 e. The molecule has 2 N–H and O–H groups in total. The van der Waals surface area contributed by atoms with Gasteiger partial charge in [0.25, 0.3) is 0 Å². The van der Waals surface area contributed by atoms with E-state index in [1.165, 1.54) is 19.2 Å². The predicted octanol–water partition coefficient (Wildman–Crippen LogP) is -0.415. The Bertz CT molecular complexity index is 833. The summed E-state index contributed by atoms with van der Waals surface area (Å²) in [4.78, 5) is 11.8. The van der Waals surface area contributed by atoms with Crippen LogP contribution in [0.1, 0.15) is 12.0 Å². The summed E-state index contributed by atoms with van der Waals surface area (Å²) in [6, 6.07) is 4.22. The minimum absolute atomic E-state index is 0.0319. The van der Waals surface area contributed by atoms with Gasteiger partial charge in [-0.2, -0.15) is 0 Å². The summed E-state index contributed by atoms with van der Waals surface area (Å²) in [5.74, 6) is -0.482. The molecule has 1 unspecified atom stereocenters. The van der Waals surface area contributed by atoms with Crippen LogP contribution in [-0.2, 0) is 24.7 Å². The third-order valence-electron chi connectivity index (χ3n) is 3.63. The molecule has 0 aromatic heterocycles. The second-order valence-electron chi connectivity index (χ2n) is 5.65. The molecule has 134 valence electrons. The van der Waals surface area contributed by atoms with Crippen LogP contribution >= 0.6 is 0 Å². The Hall–Kier alpha value is -1.65. The first-order chi connectivity index (χ1) is 11.1. The average Bonchev–Trinajstić information content (AvgIpc) is 2.84. The van der Waals surface area contributed by atoms with Gasteiger partial charge in [-0.1, -0.05) is 6.07 Å². The Morgan fingerprint density at radius 1 is 1.38 bits per heavy atom. The van der Waals surface area contributed by atoms with E-state index in [-0.39, 0.29) is 22.2 Å². The number of nitrogens with one attached hydrogen (secondary N) is 2. The first-order valence-electron chi connectivity index (χ1n) is 7.27. The Morgan fingerprint density at radius 2 is 2.08 bits per heavy atom. The largest absolute Gasteiger partial charge is 0.495 e. The number of carbonyl (C=O) groups is 1. The van der Waals surface area contributed by atoms with Gasteiger partial charge in [0.05, 0.1) is 25.2 Å². The van der Waals surface area contributed by atoms with Crippen molar-refractivity contribution in [1.29, 1.82) is 0 Å². The molecule has 1 fully saturated rings. The number of sulfone groups is 1. The van der Waals surface area contributed by atoms with E-state index in [1.807, 2.05) is 0 Å². The second kappa shape index (κ2) is 7.08. The van der Waals surface area contributed by atoms with Gasteiger partial charge in [0.15, 0.2) is 9.84 Å². The van der Waals surface area contributed by atoms with Gasteiger partial charge in [0, 0.05) is 6.04 Å². The van der Waals surface area contributed by atoms with E-state index in [9.17, 15) is 21.6 Å². The zero-order valence-electron chi connectivity index (χ0n) is 13.4. The number of methoxy groups -OCH3 is 1. The Morgan fingerprint density at radius 3 is 2.67 bits per heavy atom. The van der Waals surface area contributed by atoms with E-state index < -0.39 is 38.4 Å². The lowest BCUT2D eigenvalue weighted by Gasteiger charge is -2.13. The fourth-order valence-corrected chi connectivity index (χ4v) is 5.33. The molecule has 8 nitrogen and oxygen atoms in total. The maximum absolute atomic E-state index is 12.3. The molecule has 2 rings (SSSR count). The van der Waals surface area contributed by atoms with Gasteiger partial charge in [0.2, 0.25) is 15.9 Å². The molecule has 0 aliphatic carbocycles. The number of benzene rings is 1. The van der Waals surface area contributed by atoms with Crippen LogP contribution in [0.2, 0.25) is 0 Å². The molecule has 0 bridgehead atoms. The van der Waals surface area contributed by atoms with E-state index >= 15 is 0 Å². The minimum atomic E-state index is -3.93. The van der Waals surface area contributed by atoms with Gasteiger partial charge in [0.1, 0.15) is 10.6 Å². The summed E-state index contributed by atoms with van der Waals surface area (Å²) in [6.45, 7) is 1.27. The molecule has 1 amide bonds. The number of carbonyl (C=O) groups excluding carboxylic acids is 1. The molecule has 1 atom stereocenters. The molecule has 0 saturated carbocycles. The lowest BCUT2D eigenvalue weighted by atomic mass is 10.2. The fourth-order valence-electron chi connectivity index (χ4n) is 2.42. The molecular weight excluding hydrogens is 356 g/mol. The molecule has 1 aliphatic rings. The highest BCUT2D eigenvalue weighted by molar-refractivity contribution is 7.91. The monoisotopic (exact) mass is 376 g/mol. The SMILES string of the molecule is COc1ccc(C)cc1S(=O)(=O)NCC(=O)NC1CCS(=O)(=O)C1. The summed E-state index contributed by atoms with van der Waals surface area (Å²) >= 11 is 0. The number of rotatable bonds is 6. The van der Waals surface area contributed by atoms with Crippen LogP contribution in [0, 0.1) is 6.92 Å². The van der Waals surface area contributed by atoms with E-state index in [4.69, 9.17) is 4.74 Å². The molecular formula is C14H20N2O6S2. The lowest BCUT2D eigenvalue weighted by Crippen LogP contribution is -2.42. The van der Waals surface area contributed by atoms with Gasteiger partial charge in [-0.15, -0.1) is 0 Å². The standard InChI is InChI=1S/C14H20N2O6S2/c1-10-3-4-12(22-2)13(7-10)24(20,21)15-8-14(17)16-11-5-6-23(18,19)9-11/h3-4,7,11,15H,5-6,8-9H2,1-2H3,(H,16,17).